The second-order valence-corrected chi connectivity index (χ2v) is 5.95. The Morgan fingerprint density at radius 1 is 1.26 bits per heavy atom. The summed E-state index contributed by atoms with van der Waals surface area (Å²) >= 11 is 0. The Bertz CT molecular complexity index is 382. The van der Waals surface area contributed by atoms with Gasteiger partial charge in [-0.15, -0.1) is 0 Å². The average Bonchev–Trinajstić information content (AvgIpc) is 2.33. The number of nitrogens with zero attached hydrogens (tertiary/aromatic N) is 1. The fraction of sp³-hybridized carbons (Fsp3) is 0.625. The van der Waals surface area contributed by atoms with Gasteiger partial charge in [0.15, 0.2) is 0 Å². The quantitative estimate of drug-likeness (QED) is 0.849. The molecule has 2 rings (SSSR count). The van der Waals surface area contributed by atoms with Gasteiger partial charge in [-0.2, -0.15) is 0 Å². The third kappa shape index (κ3) is 4.02. The highest BCUT2D eigenvalue weighted by Gasteiger charge is 2.29. The average molecular weight is 264 g/mol. The Kier molecular flexibility index (Phi) is 4.94. The zero-order valence-corrected chi connectivity index (χ0v) is 12.2. The van der Waals surface area contributed by atoms with E-state index in [1.807, 2.05) is 12.1 Å². The minimum Gasteiger partial charge on any atom is -0.313 e. The van der Waals surface area contributed by atoms with Crippen LogP contribution < -0.4 is 5.32 Å². The number of likely N-dealkylation sites (N-methyl/N-ethyl adjacent to an activating group) is 1. The van der Waals surface area contributed by atoms with Crippen molar-refractivity contribution in [1.82, 2.24) is 10.2 Å². The van der Waals surface area contributed by atoms with Crippen LogP contribution >= 0.6 is 0 Å². The van der Waals surface area contributed by atoms with Crippen LogP contribution in [-0.4, -0.2) is 37.1 Å². The molecule has 1 aromatic carbocycles. The van der Waals surface area contributed by atoms with E-state index in [2.05, 4.69) is 31.1 Å². The SMILES string of the molecule is CC(C)N(C)CCNC1CC(c2ccc(F)cc2)C1. The van der Waals surface area contributed by atoms with Gasteiger partial charge >= 0.3 is 0 Å². The smallest absolute Gasteiger partial charge is 0.123 e. The van der Waals surface area contributed by atoms with Gasteiger partial charge in [-0.1, -0.05) is 12.1 Å². The molecule has 0 aromatic heterocycles. The van der Waals surface area contributed by atoms with Crippen LogP contribution in [0, 0.1) is 5.82 Å². The zero-order chi connectivity index (χ0) is 13.8. The number of benzene rings is 1. The molecule has 2 nitrogen and oxygen atoms in total. The van der Waals surface area contributed by atoms with Crippen LogP contribution in [0.2, 0.25) is 0 Å². The molecule has 0 heterocycles. The molecule has 1 aliphatic rings. The standard InChI is InChI=1S/C16H25FN2/c1-12(2)19(3)9-8-18-16-10-14(11-16)13-4-6-15(17)7-5-13/h4-7,12,14,16,18H,8-11H2,1-3H3. The Morgan fingerprint density at radius 3 is 2.47 bits per heavy atom. The first-order valence-electron chi connectivity index (χ1n) is 7.25. The molecule has 0 radical (unpaired) electrons. The van der Waals surface area contributed by atoms with Gasteiger partial charge in [0.05, 0.1) is 0 Å². The van der Waals surface area contributed by atoms with E-state index in [1.54, 1.807) is 12.1 Å². The highest BCUT2D eigenvalue weighted by Crippen LogP contribution is 2.36. The van der Waals surface area contributed by atoms with Gasteiger partial charge < -0.3 is 10.2 Å². The van der Waals surface area contributed by atoms with E-state index in [0.29, 0.717) is 18.0 Å². The molecule has 0 spiro atoms. The van der Waals surface area contributed by atoms with Crippen LogP contribution in [0.3, 0.4) is 0 Å². The summed E-state index contributed by atoms with van der Waals surface area (Å²) in [7, 11) is 2.16. The lowest BCUT2D eigenvalue weighted by atomic mass is 9.76. The van der Waals surface area contributed by atoms with Crippen molar-refractivity contribution in [1.29, 1.82) is 0 Å². The van der Waals surface area contributed by atoms with E-state index in [1.165, 1.54) is 18.4 Å². The molecule has 0 atom stereocenters. The molecule has 1 aromatic rings. The van der Waals surface area contributed by atoms with Gasteiger partial charge in [0.1, 0.15) is 5.82 Å². The van der Waals surface area contributed by atoms with Crippen LogP contribution in [0.1, 0.15) is 38.2 Å². The zero-order valence-electron chi connectivity index (χ0n) is 12.2. The van der Waals surface area contributed by atoms with Crippen molar-refractivity contribution < 1.29 is 4.39 Å². The molecule has 0 aliphatic heterocycles. The summed E-state index contributed by atoms with van der Waals surface area (Å²) in [6, 6.07) is 8.21. The van der Waals surface area contributed by atoms with Crippen molar-refractivity contribution in [3.63, 3.8) is 0 Å². The van der Waals surface area contributed by atoms with Crippen molar-refractivity contribution in [2.24, 2.45) is 0 Å². The summed E-state index contributed by atoms with van der Waals surface area (Å²) in [4.78, 5) is 2.35. The molecular formula is C16H25FN2. The van der Waals surface area contributed by atoms with Crippen LogP contribution in [0.4, 0.5) is 4.39 Å². The maximum absolute atomic E-state index is 12.8. The number of nitrogens with one attached hydrogen (secondary N) is 1. The maximum Gasteiger partial charge on any atom is 0.123 e. The van der Waals surface area contributed by atoms with Crippen molar-refractivity contribution >= 4 is 0 Å². The van der Waals surface area contributed by atoms with Crippen LogP contribution in [0.5, 0.6) is 0 Å². The summed E-state index contributed by atoms with van der Waals surface area (Å²) in [5, 5.41) is 3.60. The number of hydrogen-bond acceptors (Lipinski definition) is 2. The van der Waals surface area contributed by atoms with Crippen molar-refractivity contribution in [2.45, 2.75) is 44.7 Å². The number of halogens is 1. The molecule has 19 heavy (non-hydrogen) atoms. The number of hydrogen-bond donors (Lipinski definition) is 1. The predicted octanol–water partition coefficient (Wildman–Crippen LogP) is 3.00. The molecule has 0 unspecified atom stereocenters. The second kappa shape index (κ2) is 6.49. The summed E-state index contributed by atoms with van der Waals surface area (Å²) in [6.07, 6.45) is 2.36. The Morgan fingerprint density at radius 2 is 1.89 bits per heavy atom. The first-order chi connectivity index (χ1) is 9.06. The van der Waals surface area contributed by atoms with Gasteiger partial charge in [-0.3, -0.25) is 0 Å². The van der Waals surface area contributed by atoms with Crippen LogP contribution in [0.15, 0.2) is 24.3 Å². The molecule has 106 valence electrons. The fourth-order valence-electron chi connectivity index (χ4n) is 2.49. The lowest BCUT2D eigenvalue weighted by molar-refractivity contribution is 0.242. The molecular weight excluding hydrogens is 239 g/mol. The Balaban J connectivity index is 1.65. The van der Waals surface area contributed by atoms with Crippen molar-refractivity contribution in [2.75, 3.05) is 20.1 Å². The minimum atomic E-state index is -0.144. The van der Waals surface area contributed by atoms with Gasteiger partial charge in [-0.25, -0.2) is 4.39 Å². The monoisotopic (exact) mass is 264 g/mol. The summed E-state index contributed by atoms with van der Waals surface area (Å²) < 4.78 is 12.8. The topological polar surface area (TPSA) is 15.3 Å². The maximum atomic E-state index is 12.8. The van der Waals surface area contributed by atoms with E-state index < -0.39 is 0 Å². The predicted molar refractivity (Wildman–Crippen MR) is 77.9 cm³/mol. The lowest BCUT2D eigenvalue weighted by Gasteiger charge is -2.37. The second-order valence-electron chi connectivity index (χ2n) is 5.95. The Hall–Kier alpha value is -0.930. The Labute approximate surface area is 116 Å². The molecule has 1 aliphatic carbocycles. The van der Waals surface area contributed by atoms with Gasteiger partial charge in [0, 0.05) is 25.2 Å². The van der Waals surface area contributed by atoms with Gasteiger partial charge in [0.2, 0.25) is 0 Å². The van der Waals surface area contributed by atoms with Crippen molar-refractivity contribution in [3.05, 3.63) is 35.6 Å². The van der Waals surface area contributed by atoms with E-state index in [0.717, 1.165) is 13.1 Å². The summed E-state index contributed by atoms with van der Waals surface area (Å²) in [5.41, 5.74) is 1.28. The summed E-state index contributed by atoms with van der Waals surface area (Å²) in [6.45, 7) is 6.58. The molecule has 0 saturated heterocycles. The molecule has 3 heteroatoms. The summed E-state index contributed by atoms with van der Waals surface area (Å²) in [5.74, 6) is 0.468. The van der Waals surface area contributed by atoms with Crippen LogP contribution in [0.25, 0.3) is 0 Å². The third-order valence-electron chi connectivity index (χ3n) is 4.26. The fourth-order valence-corrected chi connectivity index (χ4v) is 2.49. The lowest BCUT2D eigenvalue weighted by Crippen LogP contribution is -2.43. The van der Waals surface area contributed by atoms with E-state index in [-0.39, 0.29) is 5.82 Å². The molecule has 1 fully saturated rings. The molecule has 0 amide bonds. The molecule has 1 N–H and O–H groups in total. The largest absolute Gasteiger partial charge is 0.313 e. The van der Waals surface area contributed by atoms with E-state index in [4.69, 9.17) is 0 Å². The van der Waals surface area contributed by atoms with Crippen molar-refractivity contribution in [3.8, 4) is 0 Å². The molecule has 0 bridgehead atoms. The third-order valence-corrected chi connectivity index (χ3v) is 4.26. The first-order valence-corrected chi connectivity index (χ1v) is 7.25. The van der Waals surface area contributed by atoms with Gasteiger partial charge in [0.25, 0.3) is 0 Å². The number of rotatable bonds is 6. The highest BCUT2D eigenvalue weighted by molar-refractivity contribution is 5.23. The van der Waals surface area contributed by atoms with E-state index >= 15 is 0 Å². The van der Waals surface area contributed by atoms with E-state index in [9.17, 15) is 4.39 Å². The first kappa shape index (κ1) is 14.5. The van der Waals surface area contributed by atoms with Gasteiger partial charge in [-0.05, 0) is 57.4 Å². The normalized spacial score (nSPS) is 22.8. The highest BCUT2D eigenvalue weighted by atomic mass is 19.1. The molecule has 1 saturated carbocycles. The van der Waals surface area contributed by atoms with Crippen LogP contribution in [-0.2, 0) is 0 Å². The minimum absolute atomic E-state index is 0.144.